The molecule has 4 heteroatoms. The van der Waals surface area contributed by atoms with Gasteiger partial charge < -0.3 is 9.84 Å². The van der Waals surface area contributed by atoms with Gasteiger partial charge in [-0.1, -0.05) is 30.3 Å². The largest absolute Gasteiger partial charge is 0.390 e. The molecule has 3 nitrogen and oxygen atoms in total. The monoisotopic (exact) mass is 291 g/mol. The van der Waals surface area contributed by atoms with Crippen molar-refractivity contribution in [3.8, 4) is 0 Å². The van der Waals surface area contributed by atoms with Crippen molar-refractivity contribution >= 4 is 11.3 Å². The second-order valence-electron chi connectivity index (χ2n) is 4.81. The minimum atomic E-state index is -0.581. The van der Waals surface area contributed by atoms with Gasteiger partial charge in [-0.3, -0.25) is 0 Å². The summed E-state index contributed by atoms with van der Waals surface area (Å²) in [6.45, 7) is 6.58. The lowest BCUT2D eigenvalue weighted by molar-refractivity contribution is -0.0340. The lowest BCUT2D eigenvalue weighted by atomic mass is 10.0. The van der Waals surface area contributed by atoms with E-state index in [-0.39, 0.29) is 6.10 Å². The first-order valence-electron chi connectivity index (χ1n) is 6.89. The van der Waals surface area contributed by atoms with E-state index in [1.165, 1.54) is 4.88 Å². The molecule has 0 bridgehead atoms. The number of aromatic nitrogens is 1. The summed E-state index contributed by atoms with van der Waals surface area (Å²) in [7, 11) is 0. The molecule has 1 heterocycles. The van der Waals surface area contributed by atoms with Crippen LogP contribution in [0.25, 0.3) is 0 Å². The van der Waals surface area contributed by atoms with E-state index in [1.807, 2.05) is 44.2 Å². The van der Waals surface area contributed by atoms with Crippen LogP contribution >= 0.6 is 11.3 Å². The maximum absolute atomic E-state index is 10.5. The molecule has 2 aromatic rings. The molecule has 0 radical (unpaired) electrons. The van der Waals surface area contributed by atoms with Crippen molar-refractivity contribution in [3.05, 3.63) is 51.5 Å². The second-order valence-corrected chi connectivity index (χ2v) is 6.10. The maximum atomic E-state index is 10.5. The van der Waals surface area contributed by atoms with E-state index < -0.39 is 6.10 Å². The van der Waals surface area contributed by atoms with Gasteiger partial charge in [-0.2, -0.15) is 0 Å². The first kappa shape index (κ1) is 15.2. The third kappa shape index (κ3) is 3.66. The van der Waals surface area contributed by atoms with Crippen molar-refractivity contribution < 1.29 is 9.84 Å². The molecule has 0 aliphatic heterocycles. The van der Waals surface area contributed by atoms with Crippen LogP contribution in [0.4, 0.5) is 0 Å². The number of hydrogen-bond acceptors (Lipinski definition) is 4. The molecule has 0 fully saturated rings. The van der Waals surface area contributed by atoms with Crippen LogP contribution < -0.4 is 0 Å². The molecule has 0 spiro atoms. The molecular formula is C16H21NO2S. The van der Waals surface area contributed by atoms with Crippen LogP contribution in [0.15, 0.2) is 30.3 Å². The quantitative estimate of drug-likeness (QED) is 0.886. The second kappa shape index (κ2) is 6.97. The number of ether oxygens (including phenoxy) is 1. The van der Waals surface area contributed by atoms with Gasteiger partial charge in [-0.15, -0.1) is 11.3 Å². The van der Waals surface area contributed by atoms with E-state index in [0.29, 0.717) is 13.0 Å². The molecule has 0 saturated heterocycles. The van der Waals surface area contributed by atoms with Crippen LogP contribution in [0.3, 0.4) is 0 Å². The fourth-order valence-corrected chi connectivity index (χ4v) is 3.15. The van der Waals surface area contributed by atoms with Gasteiger partial charge in [-0.05, 0) is 26.3 Å². The summed E-state index contributed by atoms with van der Waals surface area (Å²) >= 11 is 1.65. The average Bonchev–Trinajstić information content (AvgIpc) is 2.75. The number of thiazole rings is 1. The average molecular weight is 291 g/mol. The minimum Gasteiger partial charge on any atom is -0.390 e. The Labute approximate surface area is 124 Å². The maximum Gasteiger partial charge on any atom is 0.109 e. The fourth-order valence-electron chi connectivity index (χ4n) is 2.16. The number of aryl methyl sites for hydroxylation is 2. The Morgan fingerprint density at radius 3 is 2.50 bits per heavy atom. The number of nitrogens with zero attached hydrogens (tertiary/aromatic N) is 1. The van der Waals surface area contributed by atoms with E-state index in [0.717, 1.165) is 16.3 Å². The lowest BCUT2D eigenvalue weighted by Crippen LogP contribution is -2.23. The molecule has 0 saturated carbocycles. The number of hydrogen-bond donors (Lipinski definition) is 1. The van der Waals surface area contributed by atoms with Crippen molar-refractivity contribution in [1.29, 1.82) is 0 Å². The highest BCUT2D eigenvalue weighted by atomic mass is 32.1. The predicted octanol–water partition coefficient (Wildman–Crippen LogP) is 3.44. The van der Waals surface area contributed by atoms with Crippen LogP contribution in [0.1, 0.15) is 34.2 Å². The number of benzene rings is 1. The van der Waals surface area contributed by atoms with Crippen molar-refractivity contribution in [3.63, 3.8) is 0 Å². The summed E-state index contributed by atoms with van der Waals surface area (Å²) in [5.41, 5.74) is 2.05. The van der Waals surface area contributed by atoms with Crippen LogP contribution in [-0.4, -0.2) is 22.8 Å². The van der Waals surface area contributed by atoms with Crippen molar-refractivity contribution in [2.75, 3.05) is 6.61 Å². The first-order chi connectivity index (χ1) is 9.61. The summed E-state index contributed by atoms with van der Waals surface area (Å²) < 4.78 is 5.73. The molecule has 2 rings (SSSR count). The highest BCUT2D eigenvalue weighted by Gasteiger charge is 2.23. The van der Waals surface area contributed by atoms with Gasteiger partial charge in [0, 0.05) is 17.9 Å². The van der Waals surface area contributed by atoms with Gasteiger partial charge in [0.1, 0.15) is 6.10 Å². The zero-order valence-corrected chi connectivity index (χ0v) is 13.0. The van der Waals surface area contributed by atoms with Gasteiger partial charge in [0.2, 0.25) is 0 Å². The van der Waals surface area contributed by atoms with Gasteiger partial charge >= 0.3 is 0 Å². The highest BCUT2D eigenvalue weighted by Crippen LogP contribution is 2.26. The van der Waals surface area contributed by atoms with Gasteiger partial charge in [0.05, 0.1) is 16.8 Å². The SMILES string of the molecule is CCOC(c1ccccc1)C(O)Cc1nc(C)c(C)s1. The smallest absolute Gasteiger partial charge is 0.109 e. The Hall–Kier alpha value is -1.23. The van der Waals surface area contributed by atoms with Gasteiger partial charge in [-0.25, -0.2) is 4.98 Å². The molecule has 1 aromatic heterocycles. The molecule has 1 N–H and O–H groups in total. The summed E-state index contributed by atoms with van der Waals surface area (Å²) in [6.07, 6.45) is -0.355. The zero-order chi connectivity index (χ0) is 14.5. The van der Waals surface area contributed by atoms with Crippen LogP contribution in [0, 0.1) is 13.8 Å². The normalized spacial score (nSPS) is 14.2. The van der Waals surface area contributed by atoms with E-state index >= 15 is 0 Å². The molecule has 1 aromatic carbocycles. The molecule has 2 atom stereocenters. The molecule has 108 valence electrons. The van der Waals surface area contributed by atoms with Crippen molar-refractivity contribution in [2.24, 2.45) is 0 Å². The fraction of sp³-hybridized carbons (Fsp3) is 0.438. The first-order valence-corrected chi connectivity index (χ1v) is 7.71. The van der Waals surface area contributed by atoms with Crippen LogP contribution in [-0.2, 0) is 11.2 Å². The summed E-state index contributed by atoms with van der Waals surface area (Å²) in [4.78, 5) is 5.70. The predicted molar refractivity (Wildman–Crippen MR) is 82.1 cm³/mol. The summed E-state index contributed by atoms with van der Waals surface area (Å²) in [6, 6.07) is 9.87. The van der Waals surface area contributed by atoms with Gasteiger partial charge in [0.25, 0.3) is 0 Å². The van der Waals surface area contributed by atoms with Crippen molar-refractivity contribution in [2.45, 2.75) is 39.4 Å². The minimum absolute atomic E-state index is 0.300. The van der Waals surface area contributed by atoms with Gasteiger partial charge in [0.15, 0.2) is 0 Å². The summed E-state index contributed by atoms with van der Waals surface area (Å²) in [5.74, 6) is 0. The van der Waals surface area contributed by atoms with E-state index in [9.17, 15) is 5.11 Å². The topological polar surface area (TPSA) is 42.4 Å². The molecule has 0 aliphatic rings. The summed E-state index contributed by atoms with van der Waals surface area (Å²) in [5, 5.41) is 11.5. The Balaban J connectivity index is 2.13. The Morgan fingerprint density at radius 1 is 1.25 bits per heavy atom. The molecule has 2 unspecified atom stereocenters. The third-order valence-corrected chi connectivity index (χ3v) is 4.38. The molecule has 0 aliphatic carbocycles. The van der Waals surface area contributed by atoms with Crippen molar-refractivity contribution in [1.82, 2.24) is 4.98 Å². The molecule has 20 heavy (non-hydrogen) atoms. The zero-order valence-electron chi connectivity index (χ0n) is 12.2. The molecular weight excluding hydrogens is 270 g/mol. The van der Waals surface area contributed by atoms with E-state index in [1.54, 1.807) is 11.3 Å². The Morgan fingerprint density at radius 2 is 1.95 bits per heavy atom. The Kier molecular flexibility index (Phi) is 5.29. The number of aliphatic hydroxyl groups is 1. The standard InChI is InChI=1S/C16H21NO2S/c1-4-19-16(13-8-6-5-7-9-13)14(18)10-15-17-11(2)12(3)20-15/h5-9,14,16,18H,4,10H2,1-3H3. The van der Waals surface area contributed by atoms with E-state index in [2.05, 4.69) is 11.9 Å². The molecule has 0 amide bonds. The van der Waals surface area contributed by atoms with Crippen LogP contribution in [0.5, 0.6) is 0 Å². The number of rotatable bonds is 6. The third-order valence-electron chi connectivity index (χ3n) is 3.28. The number of aliphatic hydroxyl groups excluding tert-OH is 1. The van der Waals surface area contributed by atoms with Crippen LogP contribution in [0.2, 0.25) is 0 Å². The lowest BCUT2D eigenvalue weighted by Gasteiger charge is -2.22. The Bertz CT molecular complexity index is 519. The highest BCUT2D eigenvalue weighted by molar-refractivity contribution is 7.11. The van der Waals surface area contributed by atoms with E-state index in [4.69, 9.17) is 4.74 Å².